The molecule has 0 saturated carbocycles. The first-order valence-corrected chi connectivity index (χ1v) is 13.4. The molecule has 182 valence electrons. The van der Waals surface area contributed by atoms with E-state index in [1.165, 1.54) is 18.2 Å². The summed E-state index contributed by atoms with van der Waals surface area (Å²) in [6.45, 7) is 3.83. The van der Waals surface area contributed by atoms with Gasteiger partial charge in [0.1, 0.15) is 5.60 Å². The van der Waals surface area contributed by atoms with Gasteiger partial charge in [-0.2, -0.15) is 5.26 Å². The number of aliphatic hydroxyl groups is 1. The second kappa shape index (κ2) is 12.9. The predicted octanol–water partition coefficient (Wildman–Crippen LogP) is 2.26. The minimum atomic E-state index is -2.50. The van der Waals surface area contributed by atoms with Crippen molar-refractivity contribution in [1.29, 1.82) is 5.26 Å². The molecule has 0 fully saturated rings. The van der Waals surface area contributed by atoms with Gasteiger partial charge in [-0.3, -0.25) is 4.79 Å². The number of carboxylic acids is 1. The third kappa shape index (κ3) is 6.49. The summed E-state index contributed by atoms with van der Waals surface area (Å²) in [7, 11) is 0. The normalized spacial score (nSPS) is 19.9. The Kier molecular flexibility index (Phi) is 11.3. The molecule has 36 heavy (non-hydrogen) atoms. The summed E-state index contributed by atoms with van der Waals surface area (Å²) in [5.74, 6) is -3.31. The van der Waals surface area contributed by atoms with Crippen LogP contribution in [0.3, 0.4) is 0 Å². The standard InChI is InChI=1S/C25H20Cl2I2N2O4.Na/c1-12(2)16-9-17(18(11-30)13-3-5-14(26)6-4-13)20(27)10-21(16)31-23(32)19-7-15(28)8-22(29)25(19,35)24(33)34;/h3-10,12,18,22,35H,1-2H3,(H,31,32)(H,33,34);/q;+1/p-1. The second-order valence-electron chi connectivity index (χ2n) is 8.25. The number of amides is 1. The summed E-state index contributed by atoms with van der Waals surface area (Å²) in [6.07, 6.45) is 2.86. The van der Waals surface area contributed by atoms with E-state index in [-0.39, 0.29) is 46.1 Å². The molecule has 6 nitrogen and oxygen atoms in total. The van der Waals surface area contributed by atoms with Crippen LogP contribution in [0.1, 0.15) is 42.4 Å². The molecule has 0 bridgehead atoms. The van der Waals surface area contributed by atoms with Gasteiger partial charge in [-0.15, -0.1) is 0 Å². The molecule has 0 spiro atoms. The first-order valence-electron chi connectivity index (χ1n) is 10.4. The number of carboxylic acid groups (broad SMARTS) is 1. The summed E-state index contributed by atoms with van der Waals surface area (Å²) < 4.78 is -0.301. The number of benzene rings is 2. The number of halogens is 4. The summed E-state index contributed by atoms with van der Waals surface area (Å²) in [4.78, 5) is 25.0. The van der Waals surface area contributed by atoms with Crippen molar-refractivity contribution < 1.29 is 49.4 Å². The van der Waals surface area contributed by atoms with E-state index in [0.717, 1.165) is 0 Å². The van der Waals surface area contributed by atoms with Crippen LogP contribution in [0.5, 0.6) is 0 Å². The molecule has 0 saturated heterocycles. The Morgan fingerprint density at radius 2 is 1.81 bits per heavy atom. The van der Waals surface area contributed by atoms with Crippen molar-refractivity contribution in [3.05, 3.63) is 84.4 Å². The number of nitriles is 1. The molecule has 0 radical (unpaired) electrons. The SMILES string of the molecule is CC(C)c1cc(C(C#N)c2ccc(Cl)cc2)c(Cl)cc1NC(=O)C1=CC(I)=CC(I)C1(O)C(=O)[O-].[Na+]. The Labute approximate surface area is 268 Å². The largest absolute Gasteiger partial charge is 1.00 e. The molecule has 2 aromatic rings. The van der Waals surface area contributed by atoms with Crippen molar-refractivity contribution in [2.75, 3.05) is 5.32 Å². The van der Waals surface area contributed by atoms with Gasteiger partial charge in [0.2, 0.25) is 0 Å². The van der Waals surface area contributed by atoms with Crippen molar-refractivity contribution in [3.8, 4) is 6.07 Å². The van der Waals surface area contributed by atoms with Gasteiger partial charge in [0.15, 0.2) is 0 Å². The number of aliphatic carboxylic acids is 1. The number of nitrogens with zero attached hydrogens (tertiary/aromatic N) is 1. The molecular formula is C25H19Cl2I2N2NaO4. The molecule has 1 amide bonds. The Balaban J connectivity index is 0.00000456. The summed E-state index contributed by atoms with van der Waals surface area (Å²) in [6, 6.07) is 12.5. The van der Waals surface area contributed by atoms with E-state index in [4.69, 9.17) is 23.2 Å². The number of allylic oxidation sites excluding steroid dienone is 2. The maximum Gasteiger partial charge on any atom is 1.00 e. The van der Waals surface area contributed by atoms with E-state index in [9.17, 15) is 25.1 Å². The zero-order valence-electron chi connectivity index (χ0n) is 19.5. The summed E-state index contributed by atoms with van der Waals surface area (Å²) in [5.41, 5.74) is -0.520. The zero-order valence-corrected chi connectivity index (χ0v) is 27.3. The third-order valence-corrected chi connectivity index (χ3v) is 8.15. The van der Waals surface area contributed by atoms with Crippen LogP contribution in [0.15, 0.2) is 57.7 Å². The molecule has 2 N–H and O–H groups in total. The third-order valence-electron chi connectivity index (χ3n) is 5.64. The van der Waals surface area contributed by atoms with Crippen molar-refractivity contribution in [2.45, 2.75) is 35.2 Å². The molecule has 3 atom stereocenters. The quantitative estimate of drug-likeness (QED) is 0.267. The average molecular weight is 759 g/mol. The van der Waals surface area contributed by atoms with Crippen LogP contribution in [0.2, 0.25) is 10.0 Å². The van der Waals surface area contributed by atoms with Gasteiger partial charge in [-0.25, -0.2) is 0 Å². The minimum Gasteiger partial charge on any atom is -0.547 e. The van der Waals surface area contributed by atoms with Crippen molar-refractivity contribution >= 4 is 85.9 Å². The summed E-state index contributed by atoms with van der Waals surface area (Å²) >= 11 is 16.3. The fraction of sp³-hybridized carbons (Fsp3) is 0.240. The van der Waals surface area contributed by atoms with E-state index < -0.39 is 27.3 Å². The Morgan fingerprint density at radius 1 is 1.19 bits per heavy atom. The second-order valence-corrected chi connectivity index (χ2v) is 11.7. The number of hydrogen-bond donors (Lipinski definition) is 2. The average Bonchev–Trinajstić information content (AvgIpc) is 2.78. The minimum absolute atomic E-state index is 0. The van der Waals surface area contributed by atoms with Crippen LogP contribution >= 0.6 is 68.4 Å². The molecule has 11 heteroatoms. The maximum absolute atomic E-state index is 13.2. The number of alkyl halides is 1. The molecule has 0 heterocycles. The zero-order chi connectivity index (χ0) is 26.1. The van der Waals surface area contributed by atoms with Gasteiger partial charge < -0.3 is 20.3 Å². The number of carbonyl (C=O) groups is 2. The van der Waals surface area contributed by atoms with Crippen LogP contribution in [0.4, 0.5) is 5.69 Å². The van der Waals surface area contributed by atoms with Crippen LogP contribution in [-0.2, 0) is 9.59 Å². The fourth-order valence-electron chi connectivity index (χ4n) is 3.75. The van der Waals surface area contributed by atoms with Gasteiger partial charge in [0, 0.05) is 19.3 Å². The van der Waals surface area contributed by atoms with Crippen molar-refractivity contribution in [1.82, 2.24) is 0 Å². The fourth-order valence-corrected chi connectivity index (χ4v) is 6.48. The van der Waals surface area contributed by atoms with E-state index in [1.54, 1.807) is 52.9 Å². The summed E-state index contributed by atoms with van der Waals surface area (Å²) in [5, 5.41) is 36.1. The molecular weight excluding hydrogens is 740 g/mol. The topological polar surface area (TPSA) is 113 Å². The first-order chi connectivity index (χ1) is 16.4. The molecule has 3 unspecified atom stereocenters. The number of hydrogen-bond acceptors (Lipinski definition) is 5. The number of anilines is 1. The van der Waals surface area contributed by atoms with Crippen LogP contribution in [0, 0.1) is 11.3 Å². The van der Waals surface area contributed by atoms with Gasteiger partial charge in [0.05, 0.1) is 27.5 Å². The molecule has 0 aromatic heterocycles. The molecule has 0 aliphatic heterocycles. The smallest absolute Gasteiger partial charge is 0.547 e. The van der Waals surface area contributed by atoms with Gasteiger partial charge in [-0.05, 0) is 69.5 Å². The molecule has 1 aliphatic rings. The number of rotatable bonds is 6. The molecule has 3 rings (SSSR count). The van der Waals surface area contributed by atoms with E-state index in [2.05, 4.69) is 11.4 Å². The van der Waals surface area contributed by atoms with E-state index in [1.807, 2.05) is 36.4 Å². The monoisotopic (exact) mass is 758 g/mol. The van der Waals surface area contributed by atoms with Gasteiger partial charge in [0.25, 0.3) is 5.91 Å². The van der Waals surface area contributed by atoms with E-state index in [0.29, 0.717) is 31.0 Å². The first kappa shape index (κ1) is 31.6. The van der Waals surface area contributed by atoms with Crippen LogP contribution in [-0.4, -0.2) is 26.5 Å². The Hall–Kier alpha value is -0.650. The number of nitrogens with one attached hydrogen (secondary N) is 1. The van der Waals surface area contributed by atoms with E-state index >= 15 is 0 Å². The Bertz CT molecular complexity index is 1290. The van der Waals surface area contributed by atoms with Crippen molar-refractivity contribution in [3.63, 3.8) is 0 Å². The predicted molar refractivity (Wildman–Crippen MR) is 151 cm³/mol. The van der Waals surface area contributed by atoms with Crippen molar-refractivity contribution in [2.24, 2.45) is 0 Å². The number of carbonyl (C=O) groups excluding carboxylic acids is 2. The molecule has 2 aromatic carbocycles. The van der Waals surface area contributed by atoms with Crippen LogP contribution in [0.25, 0.3) is 0 Å². The maximum atomic E-state index is 13.2. The van der Waals surface area contributed by atoms with Gasteiger partial charge in [-0.1, -0.05) is 83.9 Å². The van der Waals surface area contributed by atoms with Gasteiger partial charge >= 0.3 is 29.6 Å². The Morgan fingerprint density at radius 3 is 2.33 bits per heavy atom. The molecule has 1 aliphatic carbocycles. The van der Waals surface area contributed by atoms with Crippen LogP contribution < -0.4 is 40.0 Å².